The summed E-state index contributed by atoms with van der Waals surface area (Å²) in [6, 6.07) is 19.0. The first-order valence-electron chi connectivity index (χ1n) is 6.93. The van der Waals surface area contributed by atoms with Crippen molar-refractivity contribution in [3.05, 3.63) is 60.2 Å². The highest BCUT2D eigenvalue weighted by Crippen LogP contribution is 2.31. The minimum Gasteiger partial charge on any atom is -0.365 e. The summed E-state index contributed by atoms with van der Waals surface area (Å²) in [5.74, 6) is 0.348. The molecule has 0 bridgehead atoms. The molecule has 1 aliphatic heterocycles. The SMILES string of the molecule is C[C@@H]1CN(Cc2ccccc2)c2ccccc2NC1=S. The number of hydrogen-bond donors (Lipinski definition) is 1. The lowest BCUT2D eigenvalue weighted by Crippen LogP contribution is -2.29. The predicted molar refractivity (Wildman–Crippen MR) is 89.3 cm³/mol. The van der Waals surface area contributed by atoms with E-state index in [2.05, 4.69) is 65.7 Å². The van der Waals surface area contributed by atoms with E-state index in [0.717, 1.165) is 23.8 Å². The van der Waals surface area contributed by atoms with Crippen molar-refractivity contribution < 1.29 is 0 Å². The second-order valence-corrected chi connectivity index (χ2v) is 5.71. The standard InChI is InChI=1S/C17H18N2S/c1-13-11-19(12-14-7-3-2-4-8-14)16-10-6-5-9-15(16)18-17(13)20/h2-10,13H,11-12H2,1H3,(H,18,20)/t13-/m1/s1. The lowest BCUT2D eigenvalue weighted by atomic mass is 10.1. The van der Waals surface area contributed by atoms with Gasteiger partial charge in [-0.05, 0) is 17.7 Å². The molecule has 0 radical (unpaired) electrons. The number of thiocarbonyl (C=S) groups is 1. The van der Waals surface area contributed by atoms with Gasteiger partial charge in [0.25, 0.3) is 0 Å². The highest BCUT2D eigenvalue weighted by molar-refractivity contribution is 7.80. The molecule has 102 valence electrons. The minimum atomic E-state index is 0.348. The molecule has 20 heavy (non-hydrogen) atoms. The zero-order chi connectivity index (χ0) is 13.9. The van der Waals surface area contributed by atoms with E-state index in [0.29, 0.717) is 5.92 Å². The third kappa shape index (κ3) is 2.68. The fraction of sp³-hybridized carbons (Fsp3) is 0.235. The molecule has 2 aromatic rings. The van der Waals surface area contributed by atoms with Gasteiger partial charge < -0.3 is 10.2 Å². The summed E-state index contributed by atoms with van der Waals surface area (Å²) in [4.78, 5) is 3.33. The van der Waals surface area contributed by atoms with Crippen LogP contribution in [0.15, 0.2) is 54.6 Å². The van der Waals surface area contributed by atoms with Crippen molar-refractivity contribution in [1.82, 2.24) is 0 Å². The van der Waals surface area contributed by atoms with E-state index in [4.69, 9.17) is 12.2 Å². The van der Waals surface area contributed by atoms with Gasteiger partial charge in [-0.3, -0.25) is 0 Å². The van der Waals surface area contributed by atoms with E-state index >= 15 is 0 Å². The highest BCUT2D eigenvalue weighted by atomic mass is 32.1. The van der Waals surface area contributed by atoms with Crippen LogP contribution in [-0.4, -0.2) is 11.5 Å². The lowest BCUT2D eigenvalue weighted by Gasteiger charge is -2.26. The molecular formula is C17H18N2S. The van der Waals surface area contributed by atoms with Gasteiger partial charge in [-0.1, -0.05) is 61.6 Å². The molecule has 0 saturated heterocycles. The fourth-order valence-electron chi connectivity index (χ4n) is 2.58. The van der Waals surface area contributed by atoms with Crippen LogP contribution in [0.3, 0.4) is 0 Å². The topological polar surface area (TPSA) is 15.3 Å². The van der Waals surface area contributed by atoms with Crippen molar-refractivity contribution in [2.24, 2.45) is 5.92 Å². The molecule has 1 heterocycles. The Labute approximate surface area is 125 Å². The zero-order valence-corrected chi connectivity index (χ0v) is 12.4. The number of benzene rings is 2. The second kappa shape index (κ2) is 5.63. The Hall–Kier alpha value is -1.87. The lowest BCUT2D eigenvalue weighted by molar-refractivity contribution is 0.701. The largest absolute Gasteiger partial charge is 0.365 e. The third-order valence-electron chi connectivity index (χ3n) is 3.66. The quantitative estimate of drug-likeness (QED) is 0.835. The van der Waals surface area contributed by atoms with Crippen LogP contribution < -0.4 is 10.2 Å². The van der Waals surface area contributed by atoms with Crippen molar-refractivity contribution in [3.8, 4) is 0 Å². The maximum atomic E-state index is 5.47. The Morgan fingerprint density at radius 3 is 2.60 bits per heavy atom. The second-order valence-electron chi connectivity index (χ2n) is 5.27. The van der Waals surface area contributed by atoms with Gasteiger partial charge in [0.2, 0.25) is 0 Å². The monoisotopic (exact) mass is 282 g/mol. The molecule has 3 heteroatoms. The number of anilines is 2. The van der Waals surface area contributed by atoms with Gasteiger partial charge in [-0.25, -0.2) is 0 Å². The number of fused-ring (bicyclic) bond motifs is 1. The Bertz CT molecular complexity index is 609. The van der Waals surface area contributed by atoms with Crippen LogP contribution in [0.25, 0.3) is 0 Å². The number of nitrogens with one attached hydrogen (secondary N) is 1. The van der Waals surface area contributed by atoms with E-state index in [1.54, 1.807) is 0 Å². The molecule has 0 amide bonds. The first-order chi connectivity index (χ1) is 9.74. The van der Waals surface area contributed by atoms with Gasteiger partial charge in [-0.15, -0.1) is 0 Å². The maximum absolute atomic E-state index is 5.47. The summed E-state index contributed by atoms with van der Waals surface area (Å²) in [5, 5.41) is 3.38. The molecule has 1 N–H and O–H groups in total. The molecule has 1 atom stereocenters. The molecular weight excluding hydrogens is 264 g/mol. The molecule has 1 aliphatic rings. The van der Waals surface area contributed by atoms with E-state index < -0.39 is 0 Å². The molecule has 3 rings (SSSR count). The number of rotatable bonds is 2. The van der Waals surface area contributed by atoms with Crippen molar-refractivity contribution in [1.29, 1.82) is 0 Å². The molecule has 2 aromatic carbocycles. The first kappa shape index (κ1) is 13.1. The van der Waals surface area contributed by atoms with Crippen LogP contribution in [0.1, 0.15) is 12.5 Å². The Kier molecular flexibility index (Phi) is 3.70. The van der Waals surface area contributed by atoms with E-state index in [1.807, 2.05) is 6.07 Å². The maximum Gasteiger partial charge on any atom is 0.0844 e. The Balaban J connectivity index is 1.94. The summed E-state index contributed by atoms with van der Waals surface area (Å²) in [5.41, 5.74) is 3.66. The summed E-state index contributed by atoms with van der Waals surface area (Å²) >= 11 is 5.47. The number of hydrogen-bond acceptors (Lipinski definition) is 2. The summed E-state index contributed by atoms with van der Waals surface area (Å²) < 4.78 is 0. The van der Waals surface area contributed by atoms with Crippen LogP contribution in [0.4, 0.5) is 11.4 Å². The third-order valence-corrected chi connectivity index (χ3v) is 4.17. The Morgan fingerprint density at radius 1 is 1.10 bits per heavy atom. The molecule has 2 nitrogen and oxygen atoms in total. The number of para-hydroxylation sites is 2. The Morgan fingerprint density at radius 2 is 1.80 bits per heavy atom. The van der Waals surface area contributed by atoms with E-state index in [9.17, 15) is 0 Å². The normalized spacial score (nSPS) is 18.1. The smallest absolute Gasteiger partial charge is 0.0844 e. The van der Waals surface area contributed by atoms with Gasteiger partial charge in [-0.2, -0.15) is 0 Å². The number of nitrogens with zero attached hydrogens (tertiary/aromatic N) is 1. The first-order valence-corrected chi connectivity index (χ1v) is 7.33. The van der Waals surface area contributed by atoms with Crippen LogP contribution >= 0.6 is 12.2 Å². The van der Waals surface area contributed by atoms with Crippen molar-refractivity contribution in [2.75, 3.05) is 16.8 Å². The van der Waals surface area contributed by atoms with Gasteiger partial charge in [0.15, 0.2) is 0 Å². The zero-order valence-electron chi connectivity index (χ0n) is 11.5. The average Bonchev–Trinajstić information content (AvgIpc) is 2.58. The van der Waals surface area contributed by atoms with Crippen molar-refractivity contribution in [2.45, 2.75) is 13.5 Å². The van der Waals surface area contributed by atoms with E-state index in [1.165, 1.54) is 11.3 Å². The summed E-state index contributed by atoms with van der Waals surface area (Å²) in [7, 11) is 0. The van der Waals surface area contributed by atoms with Gasteiger partial charge >= 0.3 is 0 Å². The molecule has 0 saturated carbocycles. The molecule has 0 aliphatic carbocycles. The fourth-order valence-corrected chi connectivity index (χ4v) is 2.76. The van der Waals surface area contributed by atoms with Gasteiger partial charge in [0.1, 0.15) is 0 Å². The van der Waals surface area contributed by atoms with Crippen LogP contribution in [0.2, 0.25) is 0 Å². The van der Waals surface area contributed by atoms with Gasteiger partial charge in [0.05, 0.1) is 16.4 Å². The predicted octanol–water partition coefficient (Wildman–Crippen LogP) is 4.08. The average molecular weight is 282 g/mol. The summed E-state index contributed by atoms with van der Waals surface area (Å²) in [6.45, 7) is 4.03. The molecule has 0 spiro atoms. The van der Waals surface area contributed by atoms with E-state index in [-0.39, 0.29) is 0 Å². The van der Waals surface area contributed by atoms with Crippen LogP contribution in [-0.2, 0) is 6.54 Å². The van der Waals surface area contributed by atoms with Crippen LogP contribution in [0.5, 0.6) is 0 Å². The molecule has 0 unspecified atom stereocenters. The molecule has 0 fully saturated rings. The highest BCUT2D eigenvalue weighted by Gasteiger charge is 2.22. The minimum absolute atomic E-state index is 0.348. The van der Waals surface area contributed by atoms with Crippen molar-refractivity contribution >= 4 is 28.6 Å². The molecule has 0 aromatic heterocycles. The van der Waals surface area contributed by atoms with Gasteiger partial charge in [0, 0.05) is 19.0 Å². The van der Waals surface area contributed by atoms with Crippen molar-refractivity contribution in [3.63, 3.8) is 0 Å². The van der Waals surface area contributed by atoms with Crippen LogP contribution in [0, 0.1) is 5.92 Å². The summed E-state index contributed by atoms with van der Waals surface area (Å²) in [6.07, 6.45) is 0.